The second-order valence-corrected chi connectivity index (χ2v) is 8.57. The molecule has 0 bridgehead atoms. The van der Waals surface area contributed by atoms with E-state index in [-0.39, 0.29) is 16.6 Å². The Hall–Kier alpha value is -0.970. The molecule has 1 saturated carbocycles. The third-order valence-corrected chi connectivity index (χ3v) is 5.32. The summed E-state index contributed by atoms with van der Waals surface area (Å²) < 4.78 is 2.32. The molecule has 0 saturated heterocycles. The lowest BCUT2D eigenvalue weighted by atomic mass is 9.85. The van der Waals surface area contributed by atoms with Crippen molar-refractivity contribution in [2.75, 3.05) is 5.75 Å². The van der Waals surface area contributed by atoms with Gasteiger partial charge in [0, 0.05) is 23.3 Å². The lowest BCUT2D eigenvalue weighted by molar-refractivity contribution is -0.133. The fourth-order valence-electron chi connectivity index (χ4n) is 3.22. The van der Waals surface area contributed by atoms with Gasteiger partial charge in [-0.15, -0.1) is 0 Å². The molecule has 0 aromatic carbocycles. The van der Waals surface area contributed by atoms with Crippen molar-refractivity contribution < 1.29 is 9.90 Å². The standard InChI is InChI=1S/C16H26N2O2S/c1-15(2,3)12-9-17-14(21-10-13(19)20)18(12)11-7-6-8-16(11,4)5/h9,11H,6-8,10H2,1-5H3,(H,19,20). The maximum absolute atomic E-state index is 10.9. The Bertz CT molecular complexity index is 529. The fourth-order valence-corrected chi connectivity index (χ4v) is 3.96. The number of carboxylic acids is 1. The van der Waals surface area contributed by atoms with E-state index in [9.17, 15) is 4.79 Å². The first-order valence-electron chi connectivity index (χ1n) is 7.55. The quantitative estimate of drug-likeness (QED) is 0.850. The summed E-state index contributed by atoms with van der Waals surface area (Å²) in [7, 11) is 0. The highest BCUT2D eigenvalue weighted by atomic mass is 32.2. The Morgan fingerprint density at radius 1 is 1.52 bits per heavy atom. The summed E-state index contributed by atoms with van der Waals surface area (Å²) in [4.78, 5) is 15.4. The summed E-state index contributed by atoms with van der Waals surface area (Å²) in [5, 5.41) is 9.79. The first-order valence-corrected chi connectivity index (χ1v) is 8.54. The Kier molecular flexibility index (Phi) is 4.43. The van der Waals surface area contributed by atoms with E-state index in [0.717, 1.165) is 11.6 Å². The molecule has 1 atom stereocenters. The van der Waals surface area contributed by atoms with Crippen LogP contribution in [0.5, 0.6) is 0 Å². The molecule has 1 aromatic rings. The van der Waals surface area contributed by atoms with E-state index in [1.54, 1.807) is 0 Å². The Morgan fingerprint density at radius 3 is 2.67 bits per heavy atom. The zero-order chi connectivity index (χ0) is 15.8. The zero-order valence-corrected chi connectivity index (χ0v) is 14.5. The van der Waals surface area contributed by atoms with E-state index in [1.165, 1.54) is 30.3 Å². The van der Waals surface area contributed by atoms with Crippen molar-refractivity contribution in [1.82, 2.24) is 9.55 Å². The van der Waals surface area contributed by atoms with Gasteiger partial charge >= 0.3 is 5.97 Å². The molecule has 2 rings (SSSR count). The first kappa shape index (κ1) is 16.4. The van der Waals surface area contributed by atoms with Gasteiger partial charge in [0.15, 0.2) is 5.16 Å². The molecule has 0 aliphatic heterocycles. The largest absolute Gasteiger partial charge is 0.481 e. The van der Waals surface area contributed by atoms with Gasteiger partial charge in [-0.1, -0.05) is 52.8 Å². The second kappa shape index (κ2) is 5.67. The number of imidazole rings is 1. The number of carboxylic acid groups (broad SMARTS) is 1. The summed E-state index contributed by atoms with van der Waals surface area (Å²) in [6.07, 6.45) is 5.51. The van der Waals surface area contributed by atoms with Gasteiger partial charge in [-0.05, 0) is 18.3 Å². The number of rotatable bonds is 4. The molecule has 0 spiro atoms. The van der Waals surface area contributed by atoms with Crippen LogP contribution in [0.2, 0.25) is 0 Å². The van der Waals surface area contributed by atoms with Gasteiger partial charge in [-0.2, -0.15) is 0 Å². The lowest BCUT2D eigenvalue weighted by Gasteiger charge is -2.33. The van der Waals surface area contributed by atoms with Crippen LogP contribution in [0.25, 0.3) is 0 Å². The number of carbonyl (C=O) groups is 1. The predicted molar refractivity (Wildman–Crippen MR) is 86.0 cm³/mol. The molecule has 118 valence electrons. The minimum atomic E-state index is -0.794. The SMILES string of the molecule is CC(C)(C)c1cnc(SCC(=O)O)n1C1CCCC1(C)C. The fraction of sp³-hybridized carbons (Fsp3) is 0.750. The van der Waals surface area contributed by atoms with Crippen LogP contribution >= 0.6 is 11.8 Å². The average Bonchev–Trinajstić information content (AvgIpc) is 2.87. The minimum absolute atomic E-state index is 0.00764. The van der Waals surface area contributed by atoms with Crippen LogP contribution in [0.1, 0.15) is 65.6 Å². The average molecular weight is 310 g/mol. The van der Waals surface area contributed by atoms with Gasteiger partial charge in [-0.3, -0.25) is 4.79 Å². The molecule has 0 radical (unpaired) electrons. The number of nitrogens with zero attached hydrogens (tertiary/aromatic N) is 2. The van der Waals surface area contributed by atoms with E-state index in [2.05, 4.69) is 44.2 Å². The van der Waals surface area contributed by atoms with Crippen molar-refractivity contribution in [2.24, 2.45) is 5.41 Å². The molecule has 4 nitrogen and oxygen atoms in total. The second-order valence-electron chi connectivity index (χ2n) is 7.63. The Morgan fingerprint density at radius 2 is 2.19 bits per heavy atom. The number of aromatic nitrogens is 2. The van der Waals surface area contributed by atoms with Crippen LogP contribution in [0, 0.1) is 5.41 Å². The topological polar surface area (TPSA) is 55.1 Å². The van der Waals surface area contributed by atoms with Gasteiger partial charge in [0.05, 0.1) is 5.75 Å². The van der Waals surface area contributed by atoms with Crippen LogP contribution in [0.4, 0.5) is 0 Å². The van der Waals surface area contributed by atoms with Crippen molar-refractivity contribution in [2.45, 2.75) is 70.5 Å². The molecular formula is C16H26N2O2S. The number of aliphatic carboxylic acids is 1. The maximum Gasteiger partial charge on any atom is 0.313 e. The number of thioether (sulfide) groups is 1. The summed E-state index contributed by atoms with van der Waals surface area (Å²) in [5.74, 6) is -0.731. The first-order chi connectivity index (χ1) is 9.63. The van der Waals surface area contributed by atoms with Crippen LogP contribution in [0.3, 0.4) is 0 Å². The molecule has 21 heavy (non-hydrogen) atoms. The van der Waals surface area contributed by atoms with E-state index in [4.69, 9.17) is 5.11 Å². The minimum Gasteiger partial charge on any atom is -0.481 e. The Balaban J connectivity index is 2.43. The van der Waals surface area contributed by atoms with E-state index in [1.807, 2.05) is 6.20 Å². The summed E-state index contributed by atoms with van der Waals surface area (Å²) in [6, 6.07) is 0.408. The molecule has 1 aromatic heterocycles. The van der Waals surface area contributed by atoms with Crippen molar-refractivity contribution in [3.05, 3.63) is 11.9 Å². The third kappa shape index (κ3) is 3.44. The van der Waals surface area contributed by atoms with Crippen molar-refractivity contribution in [3.8, 4) is 0 Å². The highest BCUT2D eigenvalue weighted by Crippen LogP contribution is 2.48. The zero-order valence-electron chi connectivity index (χ0n) is 13.6. The molecule has 0 amide bonds. The number of hydrogen-bond acceptors (Lipinski definition) is 3. The highest BCUT2D eigenvalue weighted by Gasteiger charge is 2.39. The summed E-state index contributed by atoms with van der Waals surface area (Å²) >= 11 is 1.33. The molecular weight excluding hydrogens is 284 g/mol. The predicted octanol–water partition coefficient (Wildman–Crippen LogP) is 4.11. The monoisotopic (exact) mass is 310 g/mol. The smallest absolute Gasteiger partial charge is 0.313 e. The summed E-state index contributed by atoms with van der Waals surface area (Å²) in [5.41, 5.74) is 1.45. The molecule has 1 N–H and O–H groups in total. The summed E-state index contributed by atoms with van der Waals surface area (Å²) in [6.45, 7) is 11.2. The van der Waals surface area contributed by atoms with Crippen LogP contribution in [-0.2, 0) is 10.2 Å². The van der Waals surface area contributed by atoms with Gasteiger partial charge in [0.1, 0.15) is 0 Å². The van der Waals surface area contributed by atoms with E-state index < -0.39 is 5.97 Å². The van der Waals surface area contributed by atoms with E-state index >= 15 is 0 Å². The molecule has 1 unspecified atom stereocenters. The van der Waals surface area contributed by atoms with Crippen molar-refractivity contribution in [3.63, 3.8) is 0 Å². The van der Waals surface area contributed by atoms with E-state index in [0.29, 0.717) is 6.04 Å². The van der Waals surface area contributed by atoms with Gasteiger partial charge < -0.3 is 9.67 Å². The van der Waals surface area contributed by atoms with Gasteiger partial charge in [-0.25, -0.2) is 4.98 Å². The van der Waals surface area contributed by atoms with Crippen molar-refractivity contribution >= 4 is 17.7 Å². The molecule has 5 heteroatoms. The number of hydrogen-bond donors (Lipinski definition) is 1. The molecule has 1 heterocycles. The van der Waals surface area contributed by atoms with Gasteiger partial charge in [0.2, 0.25) is 0 Å². The normalized spacial score (nSPS) is 21.7. The molecule has 1 fully saturated rings. The van der Waals surface area contributed by atoms with Crippen LogP contribution < -0.4 is 0 Å². The lowest BCUT2D eigenvalue weighted by Crippen LogP contribution is -2.27. The maximum atomic E-state index is 10.9. The van der Waals surface area contributed by atoms with Crippen LogP contribution in [0.15, 0.2) is 11.4 Å². The Labute approximate surface area is 131 Å². The molecule has 1 aliphatic rings. The van der Waals surface area contributed by atoms with Gasteiger partial charge in [0.25, 0.3) is 0 Å². The van der Waals surface area contributed by atoms with Crippen LogP contribution in [-0.4, -0.2) is 26.4 Å². The highest BCUT2D eigenvalue weighted by molar-refractivity contribution is 7.99. The molecule has 1 aliphatic carbocycles. The third-order valence-electron chi connectivity index (χ3n) is 4.37. The van der Waals surface area contributed by atoms with Crippen molar-refractivity contribution in [1.29, 1.82) is 0 Å².